The van der Waals surface area contributed by atoms with E-state index in [1.165, 1.54) is 0 Å². The fourth-order valence-electron chi connectivity index (χ4n) is 1.53. The zero-order valence-corrected chi connectivity index (χ0v) is 11.2. The van der Waals surface area contributed by atoms with Crippen molar-refractivity contribution in [3.8, 4) is 0 Å². The SMILES string of the molecule is CCOCC(C)OC(=O)C(C)(N)c1ccccc1. The highest BCUT2D eigenvalue weighted by Gasteiger charge is 2.33. The van der Waals surface area contributed by atoms with E-state index in [1.807, 2.05) is 37.3 Å². The van der Waals surface area contributed by atoms with Gasteiger partial charge in [-0.25, -0.2) is 4.79 Å². The van der Waals surface area contributed by atoms with Gasteiger partial charge in [0, 0.05) is 6.61 Å². The van der Waals surface area contributed by atoms with Gasteiger partial charge in [0.05, 0.1) is 6.61 Å². The number of carbonyl (C=O) groups is 1. The minimum Gasteiger partial charge on any atom is -0.459 e. The second-order valence-corrected chi connectivity index (χ2v) is 4.44. The Morgan fingerprint density at radius 3 is 2.56 bits per heavy atom. The lowest BCUT2D eigenvalue weighted by atomic mass is 9.93. The number of carbonyl (C=O) groups excluding carboxylic acids is 1. The molecule has 0 amide bonds. The molecule has 0 radical (unpaired) electrons. The van der Waals surface area contributed by atoms with Crippen LogP contribution in [0.25, 0.3) is 0 Å². The Hall–Kier alpha value is -1.39. The number of hydrogen-bond donors (Lipinski definition) is 1. The van der Waals surface area contributed by atoms with Gasteiger partial charge in [-0.2, -0.15) is 0 Å². The van der Waals surface area contributed by atoms with Crippen molar-refractivity contribution < 1.29 is 14.3 Å². The van der Waals surface area contributed by atoms with Crippen molar-refractivity contribution in [2.45, 2.75) is 32.4 Å². The standard InChI is InChI=1S/C14H21NO3/c1-4-17-10-11(2)18-13(16)14(3,15)12-8-6-5-7-9-12/h5-9,11H,4,10,15H2,1-3H3. The molecule has 4 heteroatoms. The summed E-state index contributed by atoms with van der Waals surface area (Å²) in [7, 11) is 0. The van der Waals surface area contributed by atoms with E-state index in [4.69, 9.17) is 15.2 Å². The van der Waals surface area contributed by atoms with Crippen LogP contribution in [-0.4, -0.2) is 25.3 Å². The Bertz CT molecular complexity index is 376. The number of hydrogen-bond acceptors (Lipinski definition) is 4. The maximum Gasteiger partial charge on any atom is 0.330 e. The first-order chi connectivity index (χ1) is 8.48. The van der Waals surface area contributed by atoms with E-state index in [-0.39, 0.29) is 6.10 Å². The van der Waals surface area contributed by atoms with E-state index in [1.54, 1.807) is 13.8 Å². The van der Waals surface area contributed by atoms with Crippen LogP contribution in [0.5, 0.6) is 0 Å². The van der Waals surface area contributed by atoms with Gasteiger partial charge in [-0.15, -0.1) is 0 Å². The highest BCUT2D eigenvalue weighted by Crippen LogP contribution is 2.19. The molecule has 2 atom stereocenters. The maximum atomic E-state index is 12.0. The van der Waals surface area contributed by atoms with E-state index in [9.17, 15) is 4.79 Å². The van der Waals surface area contributed by atoms with E-state index in [0.29, 0.717) is 13.2 Å². The number of esters is 1. The average molecular weight is 251 g/mol. The lowest BCUT2D eigenvalue weighted by Gasteiger charge is -2.25. The highest BCUT2D eigenvalue weighted by molar-refractivity contribution is 5.81. The van der Waals surface area contributed by atoms with Gasteiger partial charge in [-0.1, -0.05) is 30.3 Å². The number of nitrogens with two attached hydrogens (primary N) is 1. The van der Waals surface area contributed by atoms with Crippen LogP contribution in [0.2, 0.25) is 0 Å². The summed E-state index contributed by atoms with van der Waals surface area (Å²) in [6, 6.07) is 9.19. The molecular formula is C14H21NO3. The fraction of sp³-hybridized carbons (Fsp3) is 0.500. The summed E-state index contributed by atoms with van der Waals surface area (Å²) in [5.74, 6) is -0.444. The molecule has 0 aliphatic heterocycles. The molecule has 0 aliphatic carbocycles. The van der Waals surface area contributed by atoms with Crippen LogP contribution in [0.15, 0.2) is 30.3 Å². The molecule has 0 heterocycles. The third kappa shape index (κ3) is 3.82. The molecular weight excluding hydrogens is 230 g/mol. The van der Waals surface area contributed by atoms with Gasteiger partial charge in [-0.05, 0) is 26.3 Å². The number of benzene rings is 1. The van der Waals surface area contributed by atoms with Crippen LogP contribution in [-0.2, 0) is 19.8 Å². The smallest absolute Gasteiger partial charge is 0.330 e. The van der Waals surface area contributed by atoms with Crippen molar-refractivity contribution in [1.29, 1.82) is 0 Å². The summed E-state index contributed by atoms with van der Waals surface area (Å²) in [5, 5.41) is 0. The van der Waals surface area contributed by atoms with Gasteiger partial charge in [0.15, 0.2) is 0 Å². The topological polar surface area (TPSA) is 61.5 Å². The third-order valence-electron chi connectivity index (χ3n) is 2.66. The monoisotopic (exact) mass is 251 g/mol. The molecule has 100 valence electrons. The molecule has 0 saturated carbocycles. The molecule has 0 aliphatic rings. The zero-order chi connectivity index (χ0) is 13.6. The minimum atomic E-state index is -1.14. The normalized spacial score (nSPS) is 15.8. The van der Waals surface area contributed by atoms with Crippen molar-refractivity contribution in [3.05, 3.63) is 35.9 Å². The van der Waals surface area contributed by atoms with Crippen molar-refractivity contribution in [1.82, 2.24) is 0 Å². The summed E-state index contributed by atoms with van der Waals surface area (Å²) >= 11 is 0. The van der Waals surface area contributed by atoms with Gasteiger partial charge < -0.3 is 15.2 Å². The number of ether oxygens (including phenoxy) is 2. The third-order valence-corrected chi connectivity index (χ3v) is 2.66. The molecule has 1 rings (SSSR count). The summed E-state index contributed by atoms with van der Waals surface area (Å²) < 4.78 is 10.5. The first-order valence-corrected chi connectivity index (χ1v) is 6.11. The van der Waals surface area contributed by atoms with Crippen molar-refractivity contribution in [2.75, 3.05) is 13.2 Å². The van der Waals surface area contributed by atoms with Crippen LogP contribution in [0.1, 0.15) is 26.3 Å². The Morgan fingerprint density at radius 2 is 2.00 bits per heavy atom. The lowest BCUT2D eigenvalue weighted by molar-refractivity contribution is -0.157. The molecule has 0 spiro atoms. The Balaban J connectivity index is 2.65. The fourth-order valence-corrected chi connectivity index (χ4v) is 1.53. The van der Waals surface area contributed by atoms with Gasteiger partial charge in [0.1, 0.15) is 11.6 Å². The Kier molecular flexibility index (Phi) is 5.31. The molecule has 2 unspecified atom stereocenters. The van der Waals surface area contributed by atoms with E-state index >= 15 is 0 Å². The summed E-state index contributed by atoms with van der Waals surface area (Å²) in [6.45, 7) is 6.31. The predicted octanol–water partition coefficient (Wildman–Crippen LogP) is 1.83. The maximum absolute atomic E-state index is 12.0. The van der Waals surface area contributed by atoms with Crippen LogP contribution < -0.4 is 5.73 Å². The summed E-state index contributed by atoms with van der Waals surface area (Å²) in [6.07, 6.45) is -0.302. The van der Waals surface area contributed by atoms with Gasteiger partial charge >= 0.3 is 5.97 Å². The quantitative estimate of drug-likeness (QED) is 0.783. The van der Waals surface area contributed by atoms with Crippen molar-refractivity contribution in [2.24, 2.45) is 5.73 Å². The van der Waals surface area contributed by atoms with Crippen molar-refractivity contribution >= 4 is 5.97 Å². The summed E-state index contributed by atoms with van der Waals surface area (Å²) in [4.78, 5) is 12.0. The van der Waals surface area contributed by atoms with Gasteiger partial charge in [-0.3, -0.25) is 0 Å². The molecule has 0 aromatic heterocycles. The largest absolute Gasteiger partial charge is 0.459 e. The Labute approximate surface area is 108 Å². The zero-order valence-electron chi connectivity index (χ0n) is 11.2. The highest BCUT2D eigenvalue weighted by atomic mass is 16.6. The molecule has 2 N–H and O–H groups in total. The minimum absolute atomic E-state index is 0.302. The van der Waals surface area contributed by atoms with Crippen LogP contribution >= 0.6 is 0 Å². The first-order valence-electron chi connectivity index (χ1n) is 6.11. The molecule has 1 aromatic rings. The van der Waals surface area contributed by atoms with E-state index in [0.717, 1.165) is 5.56 Å². The van der Waals surface area contributed by atoms with Crippen LogP contribution in [0, 0.1) is 0 Å². The molecule has 1 aromatic carbocycles. The average Bonchev–Trinajstić information content (AvgIpc) is 2.37. The van der Waals surface area contributed by atoms with Crippen LogP contribution in [0.3, 0.4) is 0 Å². The second kappa shape index (κ2) is 6.52. The van der Waals surface area contributed by atoms with E-state index in [2.05, 4.69) is 0 Å². The van der Waals surface area contributed by atoms with Crippen molar-refractivity contribution in [3.63, 3.8) is 0 Å². The summed E-state index contributed by atoms with van der Waals surface area (Å²) in [5.41, 5.74) is 5.64. The van der Waals surface area contributed by atoms with Gasteiger partial charge in [0.25, 0.3) is 0 Å². The molecule has 0 fully saturated rings. The number of rotatable bonds is 6. The predicted molar refractivity (Wildman–Crippen MR) is 70.0 cm³/mol. The lowest BCUT2D eigenvalue weighted by Crippen LogP contribution is -2.44. The molecule has 4 nitrogen and oxygen atoms in total. The van der Waals surface area contributed by atoms with Gasteiger partial charge in [0.2, 0.25) is 0 Å². The molecule has 0 bridgehead atoms. The second-order valence-electron chi connectivity index (χ2n) is 4.44. The molecule has 18 heavy (non-hydrogen) atoms. The molecule has 0 saturated heterocycles. The van der Waals surface area contributed by atoms with E-state index < -0.39 is 11.5 Å². The first kappa shape index (κ1) is 14.7. The van der Waals surface area contributed by atoms with Crippen LogP contribution in [0.4, 0.5) is 0 Å². The Morgan fingerprint density at radius 1 is 1.39 bits per heavy atom.